The van der Waals surface area contributed by atoms with Crippen LogP contribution in [0.15, 0.2) is 23.2 Å². The molecule has 1 spiro atoms. The number of benzene rings is 1. The maximum absolute atomic E-state index is 13.1. The van der Waals surface area contributed by atoms with Crippen LogP contribution in [0, 0.1) is 13.8 Å². The van der Waals surface area contributed by atoms with Crippen LogP contribution in [0.3, 0.4) is 0 Å². The van der Waals surface area contributed by atoms with Crippen LogP contribution in [-0.2, 0) is 9.84 Å². The first-order chi connectivity index (χ1) is 11.9. The molecular weight excluding hydrogens is 332 g/mol. The van der Waals surface area contributed by atoms with E-state index in [0.29, 0.717) is 11.2 Å². The fraction of sp³-hybridized carbons (Fsp3) is 0.650. The maximum atomic E-state index is 13.1. The topological polar surface area (TPSA) is 49.7 Å². The largest absolute Gasteiger partial charge is 0.337 e. The SMILES string of the molecule is Cc1ccc(N=C2N(C3CCCC3)C3(CCCC3)CS2(=O)=O)c(C)c1. The number of hydrogen-bond acceptors (Lipinski definition) is 3. The highest BCUT2D eigenvalue weighted by Gasteiger charge is 2.56. The average Bonchev–Trinajstić information content (AvgIpc) is 3.24. The number of amidine groups is 1. The van der Waals surface area contributed by atoms with Crippen LogP contribution in [0.1, 0.15) is 62.5 Å². The molecule has 3 fully saturated rings. The van der Waals surface area contributed by atoms with Crippen molar-refractivity contribution in [3.63, 3.8) is 0 Å². The van der Waals surface area contributed by atoms with Gasteiger partial charge in [0.05, 0.1) is 17.0 Å². The number of sulfone groups is 1. The quantitative estimate of drug-likeness (QED) is 0.791. The molecule has 0 bridgehead atoms. The third kappa shape index (κ3) is 2.90. The van der Waals surface area contributed by atoms with Crippen molar-refractivity contribution in [2.75, 3.05) is 5.75 Å². The zero-order valence-corrected chi connectivity index (χ0v) is 16.1. The molecule has 0 N–H and O–H groups in total. The van der Waals surface area contributed by atoms with Gasteiger partial charge < -0.3 is 4.90 Å². The number of hydrogen-bond donors (Lipinski definition) is 0. The monoisotopic (exact) mass is 360 g/mol. The fourth-order valence-corrected chi connectivity index (χ4v) is 7.27. The van der Waals surface area contributed by atoms with Gasteiger partial charge in [-0.25, -0.2) is 13.4 Å². The van der Waals surface area contributed by atoms with Gasteiger partial charge >= 0.3 is 0 Å². The molecule has 1 aromatic carbocycles. The summed E-state index contributed by atoms with van der Waals surface area (Å²) in [6, 6.07) is 6.39. The lowest BCUT2D eigenvalue weighted by molar-refractivity contribution is 0.162. The summed E-state index contributed by atoms with van der Waals surface area (Å²) < 4.78 is 26.2. The van der Waals surface area contributed by atoms with Crippen molar-refractivity contribution >= 4 is 20.7 Å². The van der Waals surface area contributed by atoms with Gasteiger partial charge in [-0.05, 0) is 51.2 Å². The van der Waals surface area contributed by atoms with Crippen molar-refractivity contribution in [2.45, 2.75) is 76.8 Å². The molecule has 1 saturated heterocycles. The van der Waals surface area contributed by atoms with Gasteiger partial charge in [0.1, 0.15) is 0 Å². The third-order valence-electron chi connectivity index (χ3n) is 6.25. The molecule has 1 aromatic rings. The Bertz CT molecular complexity index is 801. The summed E-state index contributed by atoms with van der Waals surface area (Å²) >= 11 is 0. The van der Waals surface area contributed by atoms with Crippen LogP contribution in [0.25, 0.3) is 0 Å². The highest BCUT2D eigenvalue weighted by Crippen LogP contribution is 2.46. The number of rotatable bonds is 2. The van der Waals surface area contributed by atoms with Crippen molar-refractivity contribution in [3.05, 3.63) is 29.3 Å². The predicted octanol–water partition coefficient (Wildman–Crippen LogP) is 4.28. The molecule has 1 heterocycles. The Morgan fingerprint density at radius 1 is 1.08 bits per heavy atom. The van der Waals surface area contributed by atoms with Crippen LogP contribution < -0.4 is 0 Å². The standard InChI is InChI=1S/C20H28N2O2S/c1-15-9-10-18(16(2)13-15)21-19-22(17-7-3-4-8-17)20(11-5-6-12-20)14-25(19,23)24/h9-10,13,17H,3-8,11-12,14H2,1-2H3. The lowest BCUT2D eigenvalue weighted by Gasteiger charge is -2.39. The predicted molar refractivity (Wildman–Crippen MR) is 102 cm³/mol. The van der Waals surface area contributed by atoms with Crippen LogP contribution in [0.4, 0.5) is 5.69 Å². The number of aryl methyl sites for hydroxylation is 2. The molecule has 4 nitrogen and oxygen atoms in total. The van der Waals surface area contributed by atoms with Crippen molar-refractivity contribution in [1.29, 1.82) is 0 Å². The molecule has 4 rings (SSSR count). The second-order valence-corrected chi connectivity index (χ2v) is 10.1. The first-order valence-electron chi connectivity index (χ1n) is 9.59. The number of nitrogens with zero attached hydrogens (tertiary/aromatic N) is 2. The van der Waals surface area contributed by atoms with Crippen molar-refractivity contribution in [2.24, 2.45) is 4.99 Å². The lowest BCUT2D eigenvalue weighted by Crippen LogP contribution is -2.50. The Morgan fingerprint density at radius 2 is 1.76 bits per heavy atom. The summed E-state index contributed by atoms with van der Waals surface area (Å²) in [5, 5.41) is 0.355. The minimum atomic E-state index is -3.31. The molecule has 2 saturated carbocycles. The molecule has 25 heavy (non-hydrogen) atoms. The maximum Gasteiger partial charge on any atom is 0.224 e. The van der Waals surface area contributed by atoms with Crippen molar-refractivity contribution in [1.82, 2.24) is 4.90 Å². The second kappa shape index (κ2) is 6.11. The van der Waals surface area contributed by atoms with Gasteiger partial charge in [0.2, 0.25) is 15.0 Å². The van der Waals surface area contributed by atoms with E-state index in [1.165, 1.54) is 18.4 Å². The summed E-state index contributed by atoms with van der Waals surface area (Å²) in [5.74, 6) is 0.264. The van der Waals surface area contributed by atoms with Gasteiger partial charge in [-0.2, -0.15) is 0 Å². The van der Waals surface area contributed by atoms with Gasteiger partial charge in [-0.3, -0.25) is 0 Å². The Morgan fingerprint density at radius 3 is 2.40 bits per heavy atom. The fourth-order valence-electron chi connectivity index (χ4n) is 5.12. The number of aliphatic imine (C=N–C) groups is 1. The van der Waals surface area contributed by atoms with Gasteiger partial charge in [-0.15, -0.1) is 0 Å². The molecule has 2 aliphatic carbocycles. The third-order valence-corrected chi connectivity index (χ3v) is 8.01. The summed E-state index contributed by atoms with van der Waals surface area (Å²) in [4.78, 5) is 7.02. The van der Waals surface area contributed by atoms with Crippen LogP contribution in [-0.4, -0.2) is 35.8 Å². The average molecular weight is 361 g/mol. The molecule has 0 radical (unpaired) electrons. The Labute approximate surface area is 151 Å². The first-order valence-corrected chi connectivity index (χ1v) is 11.2. The zero-order valence-electron chi connectivity index (χ0n) is 15.3. The van der Waals surface area contributed by atoms with E-state index in [1.54, 1.807) is 0 Å². The van der Waals surface area contributed by atoms with E-state index in [0.717, 1.165) is 49.8 Å². The molecule has 136 valence electrons. The molecular formula is C20H28N2O2S. The van der Waals surface area contributed by atoms with Crippen molar-refractivity contribution in [3.8, 4) is 0 Å². The van der Waals surface area contributed by atoms with Gasteiger partial charge in [-0.1, -0.05) is 43.4 Å². The van der Waals surface area contributed by atoms with E-state index in [4.69, 9.17) is 4.99 Å². The van der Waals surface area contributed by atoms with Gasteiger partial charge in [0.25, 0.3) is 0 Å². The Hall–Kier alpha value is -1.36. The molecule has 0 atom stereocenters. The highest BCUT2D eigenvalue weighted by atomic mass is 32.2. The van der Waals surface area contributed by atoms with Crippen LogP contribution in [0.5, 0.6) is 0 Å². The molecule has 1 aliphatic heterocycles. The normalized spacial score (nSPS) is 27.0. The van der Waals surface area contributed by atoms with E-state index in [1.807, 2.05) is 19.1 Å². The Kier molecular flexibility index (Phi) is 4.18. The van der Waals surface area contributed by atoms with Crippen LogP contribution in [0.2, 0.25) is 0 Å². The second-order valence-electron chi connectivity index (χ2n) is 8.18. The molecule has 0 amide bonds. The summed E-state index contributed by atoms with van der Waals surface area (Å²) in [6.07, 6.45) is 8.86. The first kappa shape index (κ1) is 17.1. The van der Waals surface area contributed by atoms with E-state index in [-0.39, 0.29) is 11.3 Å². The summed E-state index contributed by atoms with van der Waals surface area (Å²) in [5.41, 5.74) is 2.82. The smallest absolute Gasteiger partial charge is 0.224 e. The summed E-state index contributed by atoms with van der Waals surface area (Å²) in [7, 11) is -3.31. The van der Waals surface area contributed by atoms with E-state index >= 15 is 0 Å². The molecule has 0 unspecified atom stereocenters. The molecule has 0 aromatic heterocycles. The van der Waals surface area contributed by atoms with Crippen LogP contribution >= 0.6 is 0 Å². The minimum absolute atomic E-state index is 0.189. The highest BCUT2D eigenvalue weighted by molar-refractivity contribution is 8.06. The minimum Gasteiger partial charge on any atom is -0.337 e. The molecule has 3 aliphatic rings. The van der Waals surface area contributed by atoms with E-state index in [9.17, 15) is 8.42 Å². The van der Waals surface area contributed by atoms with E-state index in [2.05, 4.69) is 17.9 Å². The van der Waals surface area contributed by atoms with Gasteiger partial charge in [0.15, 0.2) is 0 Å². The lowest BCUT2D eigenvalue weighted by atomic mass is 9.95. The Balaban J connectivity index is 1.83. The molecule has 5 heteroatoms. The zero-order chi connectivity index (χ0) is 17.7. The van der Waals surface area contributed by atoms with Gasteiger partial charge in [0, 0.05) is 6.04 Å². The summed E-state index contributed by atoms with van der Waals surface area (Å²) in [6.45, 7) is 4.06. The van der Waals surface area contributed by atoms with Crippen molar-refractivity contribution < 1.29 is 8.42 Å². The van der Waals surface area contributed by atoms with E-state index < -0.39 is 9.84 Å².